The largest absolute Gasteiger partial charge is 0.328 e. The molecule has 1 amide bonds. The highest BCUT2D eigenvalue weighted by Crippen LogP contribution is 2.44. The number of hydrogen-bond acceptors (Lipinski definition) is 4. The summed E-state index contributed by atoms with van der Waals surface area (Å²) < 4.78 is 3.67. The van der Waals surface area contributed by atoms with Crippen LogP contribution in [0.25, 0.3) is 5.65 Å². The Bertz CT molecular complexity index is 1020. The van der Waals surface area contributed by atoms with Crippen molar-refractivity contribution in [2.24, 2.45) is 7.05 Å². The van der Waals surface area contributed by atoms with E-state index in [4.69, 9.17) is 0 Å². The fourth-order valence-electron chi connectivity index (χ4n) is 4.46. The minimum atomic E-state index is 0.0838. The third-order valence-corrected chi connectivity index (χ3v) is 5.51. The Morgan fingerprint density at radius 1 is 1.24 bits per heavy atom. The highest BCUT2D eigenvalue weighted by molar-refractivity contribution is 5.96. The van der Waals surface area contributed by atoms with Gasteiger partial charge in [-0.2, -0.15) is 10.2 Å². The Kier molecular flexibility index (Phi) is 2.87. The van der Waals surface area contributed by atoms with Crippen molar-refractivity contribution in [3.05, 3.63) is 46.7 Å². The lowest BCUT2D eigenvalue weighted by Crippen LogP contribution is -2.42. The van der Waals surface area contributed by atoms with Crippen LogP contribution >= 0.6 is 0 Å². The third-order valence-electron chi connectivity index (χ3n) is 5.51. The second kappa shape index (κ2) is 4.91. The monoisotopic (exact) mass is 336 g/mol. The van der Waals surface area contributed by atoms with Crippen LogP contribution in [0.1, 0.15) is 51.9 Å². The lowest BCUT2D eigenvalue weighted by molar-refractivity contribution is 0.0642. The lowest BCUT2D eigenvalue weighted by Gasteiger charge is -2.36. The number of aromatic nitrogens is 5. The Hall–Kier alpha value is -2.70. The van der Waals surface area contributed by atoms with Gasteiger partial charge < -0.3 is 4.90 Å². The first-order chi connectivity index (χ1) is 12.0. The van der Waals surface area contributed by atoms with Crippen molar-refractivity contribution in [1.29, 1.82) is 0 Å². The van der Waals surface area contributed by atoms with Crippen molar-refractivity contribution in [2.75, 3.05) is 0 Å². The highest BCUT2D eigenvalue weighted by atomic mass is 16.2. The molecule has 0 aromatic carbocycles. The zero-order valence-electron chi connectivity index (χ0n) is 14.6. The maximum atomic E-state index is 13.2. The third kappa shape index (κ3) is 1.98. The van der Waals surface area contributed by atoms with Crippen LogP contribution in [0.15, 0.2) is 18.5 Å². The number of fused-ring (bicyclic) bond motifs is 6. The van der Waals surface area contributed by atoms with Crippen LogP contribution in [0.2, 0.25) is 0 Å². The number of rotatable bonds is 1. The molecule has 5 rings (SSSR count). The lowest BCUT2D eigenvalue weighted by atomic mass is 9.98. The zero-order valence-corrected chi connectivity index (χ0v) is 14.6. The second-order valence-electron chi connectivity index (χ2n) is 7.18. The standard InChI is InChI=1S/C18H20N6O/c1-10-6-17-19-8-13-15-5-4-12(7-16(13)24(17)20-10)23(15)18(25)14-9-22(3)21-11(14)2/h6,8-9,12,15H,4-5,7H2,1-3H3/t12-,15-/m1/s1. The second-order valence-corrected chi connectivity index (χ2v) is 7.18. The van der Waals surface area contributed by atoms with Crippen molar-refractivity contribution < 1.29 is 4.79 Å². The number of hydrogen-bond donors (Lipinski definition) is 0. The zero-order chi connectivity index (χ0) is 17.3. The van der Waals surface area contributed by atoms with Gasteiger partial charge in [-0.15, -0.1) is 0 Å². The first-order valence-electron chi connectivity index (χ1n) is 8.70. The summed E-state index contributed by atoms with van der Waals surface area (Å²) >= 11 is 0. The summed E-state index contributed by atoms with van der Waals surface area (Å²) in [6.07, 6.45) is 6.60. The SMILES string of the molecule is Cc1cc2ncc3c(n2n1)C[C@H]1CC[C@H]3N1C(=O)c1cn(C)nc1C. The Labute approximate surface area is 145 Å². The maximum Gasteiger partial charge on any atom is 0.258 e. The fraction of sp³-hybridized carbons (Fsp3) is 0.444. The van der Waals surface area contributed by atoms with E-state index in [-0.39, 0.29) is 18.0 Å². The van der Waals surface area contributed by atoms with Crippen LogP contribution in [0, 0.1) is 13.8 Å². The minimum Gasteiger partial charge on any atom is -0.328 e. The number of carbonyl (C=O) groups excluding carboxylic acids is 1. The van der Waals surface area contributed by atoms with Crippen molar-refractivity contribution in [3.8, 4) is 0 Å². The van der Waals surface area contributed by atoms with Crippen LogP contribution in [-0.2, 0) is 13.5 Å². The summed E-state index contributed by atoms with van der Waals surface area (Å²) in [4.78, 5) is 19.8. The molecule has 0 unspecified atom stereocenters. The van der Waals surface area contributed by atoms with Crippen LogP contribution in [-0.4, -0.2) is 41.2 Å². The normalized spacial score (nSPS) is 21.8. The molecule has 0 spiro atoms. The quantitative estimate of drug-likeness (QED) is 0.681. The molecule has 7 nitrogen and oxygen atoms in total. The number of carbonyl (C=O) groups is 1. The molecule has 1 saturated heterocycles. The molecule has 3 aromatic rings. The maximum absolute atomic E-state index is 13.2. The van der Waals surface area contributed by atoms with E-state index in [2.05, 4.69) is 20.1 Å². The van der Waals surface area contributed by atoms with Gasteiger partial charge in [0.1, 0.15) is 0 Å². The van der Waals surface area contributed by atoms with Gasteiger partial charge in [0.2, 0.25) is 0 Å². The molecule has 25 heavy (non-hydrogen) atoms. The van der Waals surface area contributed by atoms with Gasteiger partial charge in [-0.1, -0.05) is 0 Å². The van der Waals surface area contributed by atoms with E-state index in [1.807, 2.05) is 43.9 Å². The summed E-state index contributed by atoms with van der Waals surface area (Å²) in [5.41, 5.74) is 5.69. The van der Waals surface area contributed by atoms with Crippen molar-refractivity contribution in [1.82, 2.24) is 29.3 Å². The number of amides is 1. The average Bonchev–Trinajstić information content (AvgIpc) is 3.21. The molecule has 0 radical (unpaired) electrons. The number of aryl methyl sites for hydroxylation is 3. The van der Waals surface area contributed by atoms with Crippen LogP contribution in [0.4, 0.5) is 0 Å². The molecule has 3 aromatic heterocycles. The van der Waals surface area contributed by atoms with Crippen LogP contribution in [0.3, 0.4) is 0 Å². The fourth-order valence-corrected chi connectivity index (χ4v) is 4.46. The van der Waals surface area contributed by atoms with E-state index in [9.17, 15) is 4.79 Å². The van der Waals surface area contributed by atoms with E-state index in [0.717, 1.165) is 41.9 Å². The van der Waals surface area contributed by atoms with E-state index in [1.165, 1.54) is 5.69 Å². The van der Waals surface area contributed by atoms with Gasteiger partial charge in [-0.3, -0.25) is 9.48 Å². The molecule has 0 N–H and O–H groups in total. The van der Waals surface area contributed by atoms with E-state index >= 15 is 0 Å². The van der Waals surface area contributed by atoms with Crippen molar-refractivity contribution in [2.45, 2.75) is 45.2 Å². The molecule has 2 bridgehead atoms. The topological polar surface area (TPSA) is 68.3 Å². The first kappa shape index (κ1) is 14.6. The van der Waals surface area contributed by atoms with Gasteiger partial charge in [0.05, 0.1) is 28.7 Å². The molecule has 0 saturated carbocycles. The summed E-state index contributed by atoms with van der Waals surface area (Å²) in [5.74, 6) is 0.0838. The molecule has 2 aliphatic rings. The predicted octanol–water partition coefficient (Wildman–Crippen LogP) is 1.98. The van der Waals surface area contributed by atoms with E-state index in [0.29, 0.717) is 5.56 Å². The van der Waals surface area contributed by atoms with Gasteiger partial charge >= 0.3 is 0 Å². The highest BCUT2D eigenvalue weighted by Gasteiger charge is 2.44. The van der Waals surface area contributed by atoms with E-state index in [1.54, 1.807) is 4.68 Å². The molecule has 2 aliphatic heterocycles. The summed E-state index contributed by atoms with van der Waals surface area (Å²) in [7, 11) is 1.85. The average molecular weight is 336 g/mol. The molecule has 128 valence electrons. The Morgan fingerprint density at radius 3 is 2.84 bits per heavy atom. The first-order valence-corrected chi connectivity index (χ1v) is 8.70. The molecule has 1 fully saturated rings. The van der Waals surface area contributed by atoms with Gasteiger partial charge in [0.25, 0.3) is 5.91 Å². The molecular formula is C18H20N6O. The Balaban J connectivity index is 1.60. The Morgan fingerprint density at radius 2 is 2.08 bits per heavy atom. The molecule has 2 atom stereocenters. The molecule has 5 heterocycles. The van der Waals surface area contributed by atoms with Gasteiger partial charge in [0.15, 0.2) is 5.65 Å². The van der Waals surface area contributed by atoms with E-state index < -0.39 is 0 Å². The van der Waals surface area contributed by atoms with Gasteiger partial charge in [-0.05, 0) is 26.7 Å². The van der Waals surface area contributed by atoms with Gasteiger partial charge in [-0.25, -0.2) is 9.50 Å². The summed E-state index contributed by atoms with van der Waals surface area (Å²) in [6, 6.07) is 2.31. The predicted molar refractivity (Wildman–Crippen MR) is 91.3 cm³/mol. The molecule has 7 heteroatoms. The summed E-state index contributed by atoms with van der Waals surface area (Å²) in [6.45, 7) is 3.88. The van der Waals surface area contributed by atoms with Gasteiger partial charge in [0, 0.05) is 43.5 Å². The summed E-state index contributed by atoms with van der Waals surface area (Å²) in [5, 5.41) is 8.93. The number of nitrogens with zero attached hydrogens (tertiary/aromatic N) is 6. The minimum absolute atomic E-state index is 0.0838. The molecule has 0 aliphatic carbocycles. The van der Waals surface area contributed by atoms with Crippen molar-refractivity contribution in [3.63, 3.8) is 0 Å². The van der Waals surface area contributed by atoms with Crippen LogP contribution < -0.4 is 0 Å². The molecular weight excluding hydrogens is 316 g/mol. The van der Waals surface area contributed by atoms with Crippen molar-refractivity contribution >= 4 is 11.6 Å². The van der Waals surface area contributed by atoms with Crippen LogP contribution in [0.5, 0.6) is 0 Å². The smallest absolute Gasteiger partial charge is 0.258 e.